The average Bonchev–Trinajstić information content (AvgIpc) is 2.95. The molecule has 1 N–H and O–H groups in total. The summed E-state index contributed by atoms with van der Waals surface area (Å²) in [6.45, 7) is 4.01. The minimum Gasteiger partial charge on any atom is -0.370 e. The maximum absolute atomic E-state index is 15.3. The molecule has 0 bridgehead atoms. The molecule has 2 saturated heterocycles. The molecule has 43 heavy (non-hydrogen) atoms. The average molecular weight is 621 g/mol. The van der Waals surface area contributed by atoms with Gasteiger partial charge in [0.05, 0.1) is 5.56 Å². The van der Waals surface area contributed by atoms with Gasteiger partial charge in [0.15, 0.2) is 0 Å². The van der Waals surface area contributed by atoms with E-state index in [9.17, 15) is 21.6 Å². The highest BCUT2D eigenvalue weighted by Gasteiger charge is 2.41. The third kappa shape index (κ3) is 7.27. The van der Waals surface area contributed by atoms with Gasteiger partial charge in [0.2, 0.25) is 0 Å². The number of rotatable bonds is 10. The van der Waals surface area contributed by atoms with E-state index in [0.717, 1.165) is 38.5 Å². The second kappa shape index (κ2) is 12.4. The first-order valence-electron chi connectivity index (χ1n) is 14.2. The molecule has 2 fully saturated rings. The maximum Gasteiger partial charge on any atom is 0.416 e. The third-order valence-corrected chi connectivity index (χ3v) is 9.95. The van der Waals surface area contributed by atoms with E-state index < -0.39 is 32.5 Å². The zero-order valence-corrected chi connectivity index (χ0v) is 25.0. The fraction of sp³-hybridized carbons (Fsp3) is 0.467. The number of aryl methyl sites for hydroxylation is 1. The molecule has 0 radical (unpaired) electrons. The summed E-state index contributed by atoms with van der Waals surface area (Å²) < 4.78 is 83.4. The first-order valence-corrected chi connectivity index (χ1v) is 15.7. The van der Waals surface area contributed by atoms with Crippen LogP contribution in [0.25, 0.3) is 0 Å². The Morgan fingerprint density at radius 2 is 1.93 bits per heavy atom. The number of nitrogens with zero attached hydrogens (tertiary/aromatic N) is 5. The monoisotopic (exact) mass is 620 g/mol. The molecular weight excluding hydrogens is 584 g/mol. The molecule has 1 atom stereocenters. The Hall–Kier alpha value is -3.29. The first-order chi connectivity index (χ1) is 20.3. The molecule has 0 aliphatic carbocycles. The molecule has 2 aromatic carbocycles. The van der Waals surface area contributed by atoms with Crippen LogP contribution < -0.4 is 9.62 Å². The number of nitrogens with one attached hydrogen (secondary N) is 1. The topological polar surface area (TPSA) is 81.7 Å². The van der Waals surface area contributed by atoms with Crippen LogP contribution in [0.5, 0.6) is 0 Å². The van der Waals surface area contributed by atoms with Crippen molar-refractivity contribution in [3.05, 3.63) is 78.0 Å². The van der Waals surface area contributed by atoms with Gasteiger partial charge in [-0.15, -0.1) is 0 Å². The lowest BCUT2D eigenvalue weighted by Gasteiger charge is -2.51. The smallest absolute Gasteiger partial charge is 0.370 e. The molecule has 3 aromatic rings. The Kier molecular flexibility index (Phi) is 8.96. The van der Waals surface area contributed by atoms with Gasteiger partial charge in [-0.05, 0) is 81.6 Å². The summed E-state index contributed by atoms with van der Waals surface area (Å²) >= 11 is 0. The third-order valence-electron chi connectivity index (χ3n) is 8.56. The SMILES string of the molecule is CN1CC(CN(C)[C@@]2(CCc3cccc(C(F)(F)F)c3)CCCN(c3ccc(S(=O)(=O)Nc4ccncn4)c(F)c3)C2)C1. The second-order valence-corrected chi connectivity index (χ2v) is 13.4. The molecule has 13 heteroatoms. The fourth-order valence-electron chi connectivity index (χ4n) is 6.29. The number of hydrogen-bond donors (Lipinski definition) is 1. The lowest BCUT2D eigenvalue weighted by Crippen LogP contribution is -2.61. The lowest BCUT2D eigenvalue weighted by molar-refractivity contribution is -0.137. The number of likely N-dealkylation sites (tertiary alicyclic amines) is 1. The van der Waals surface area contributed by atoms with Crippen LogP contribution >= 0.6 is 0 Å². The van der Waals surface area contributed by atoms with Gasteiger partial charge in [0.25, 0.3) is 10.0 Å². The summed E-state index contributed by atoms with van der Waals surface area (Å²) in [6.07, 6.45) is 0.895. The minimum atomic E-state index is -4.41. The van der Waals surface area contributed by atoms with E-state index in [2.05, 4.69) is 43.5 Å². The lowest BCUT2D eigenvalue weighted by atomic mass is 9.81. The first kappa shape index (κ1) is 31.1. The van der Waals surface area contributed by atoms with E-state index in [1.165, 1.54) is 42.9 Å². The summed E-state index contributed by atoms with van der Waals surface area (Å²) in [5.41, 5.74) is 0.157. The molecule has 0 amide bonds. The van der Waals surface area contributed by atoms with Crippen molar-refractivity contribution in [1.82, 2.24) is 19.8 Å². The molecule has 3 heterocycles. The normalized spacial score (nSPS) is 20.3. The Labute approximate surface area is 249 Å². The number of piperidine rings is 1. The van der Waals surface area contributed by atoms with Crippen LogP contribution in [0.15, 0.2) is 66.0 Å². The zero-order chi connectivity index (χ0) is 30.8. The molecule has 0 spiro atoms. The summed E-state index contributed by atoms with van der Waals surface area (Å²) in [4.78, 5) is 13.7. The van der Waals surface area contributed by atoms with Gasteiger partial charge in [-0.1, -0.05) is 18.2 Å². The summed E-state index contributed by atoms with van der Waals surface area (Å²) in [5.74, 6) is -0.356. The fourth-order valence-corrected chi connectivity index (χ4v) is 7.36. The van der Waals surface area contributed by atoms with Crippen LogP contribution in [0.4, 0.5) is 29.1 Å². The van der Waals surface area contributed by atoms with Crippen LogP contribution in [0.3, 0.4) is 0 Å². The summed E-state index contributed by atoms with van der Waals surface area (Å²) in [5, 5.41) is 0. The van der Waals surface area contributed by atoms with Crippen molar-refractivity contribution in [3.63, 3.8) is 0 Å². The van der Waals surface area contributed by atoms with Crippen molar-refractivity contribution in [2.75, 3.05) is 56.4 Å². The largest absolute Gasteiger partial charge is 0.416 e. The van der Waals surface area contributed by atoms with Gasteiger partial charge in [0.1, 0.15) is 22.9 Å². The molecular formula is C30H36F4N6O2S. The standard InChI is InChI=1S/C30H36F4N6O2S/c1-38-17-23(18-38)19-39(2)29(12-9-22-5-3-6-24(15-22)30(32,33)34)11-4-14-40(20-29)25-7-8-27(26(31)16-25)43(41,42)37-28-10-13-35-21-36-28/h3,5-8,10,13,15-16,21,23H,4,9,11-12,14,17-20H2,1-2H3,(H,35,36,37)/t29-/m1/s1. The van der Waals surface area contributed by atoms with Crippen LogP contribution in [0, 0.1) is 11.7 Å². The predicted octanol–water partition coefficient (Wildman–Crippen LogP) is 4.90. The number of alkyl halides is 3. The predicted molar refractivity (Wildman–Crippen MR) is 157 cm³/mol. The van der Waals surface area contributed by atoms with Crippen LogP contribution in [0.1, 0.15) is 30.4 Å². The van der Waals surface area contributed by atoms with E-state index in [0.29, 0.717) is 43.1 Å². The van der Waals surface area contributed by atoms with Crippen LogP contribution in [-0.2, 0) is 22.6 Å². The van der Waals surface area contributed by atoms with Gasteiger partial charge in [-0.3, -0.25) is 9.62 Å². The molecule has 1 aromatic heterocycles. The number of halogens is 4. The number of hydrogen-bond acceptors (Lipinski definition) is 7. The summed E-state index contributed by atoms with van der Waals surface area (Å²) in [6, 6.07) is 10.9. The summed E-state index contributed by atoms with van der Waals surface area (Å²) in [7, 11) is -0.0761. The van der Waals surface area contributed by atoms with Crippen molar-refractivity contribution >= 4 is 21.5 Å². The number of anilines is 2. The number of aromatic nitrogens is 2. The van der Waals surface area contributed by atoms with Crippen molar-refractivity contribution in [3.8, 4) is 0 Å². The van der Waals surface area contributed by atoms with Crippen LogP contribution in [0.2, 0.25) is 0 Å². The van der Waals surface area contributed by atoms with Crippen molar-refractivity contribution in [2.45, 2.75) is 42.3 Å². The van der Waals surface area contributed by atoms with Crippen LogP contribution in [-0.4, -0.2) is 80.5 Å². The van der Waals surface area contributed by atoms with E-state index in [1.54, 1.807) is 12.1 Å². The minimum absolute atomic E-state index is 0.0285. The molecule has 5 rings (SSSR count). The molecule has 2 aliphatic heterocycles. The Morgan fingerprint density at radius 1 is 1.14 bits per heavy atom. The van der Waals surface area contributed by atoms with Gasteiger partial charge < -0.3 is 9.80 Å². The van der Waals surface area contributed by atoms with Gasteiger partial charge >= 0.3 is 6.18 Å². The maximum atomic E-state index is 15.3. The van der Waals surface area contributed by atoms with E-state index in [4.69, 9.17) is 0 Å². The zero-order valence-electron chi connectivity index (χ0n) is 24.2. The quantitative estimate of drug-likeness (QED) is 0.323. The molecule has 0 unspecified atom stereocenters. The number of benzene rings is 2. The highest BCUT2D eigenvalue weighted by molar-refractivity contribution is 7.92. The second-order valence-electron chi connectivity index (χ2n) is 11.7. The van der Waals surface area contributed by atoms with Gasteiger partial charge in [-0.2, -0.15) is 13.2 Å². The number of likely N-dealkylation sites (N-methyl/N-ethyl adjacent to an activating group) is 1. The Balaban J connectivity index is 1.37. The highest BCUT2D eigenvalue weighted by atomic mass is 32.2. The van der Waals surface area contributed by atoms with E-state index in [-0.39, 0.29) is 11.4 Å². The van der Waals surface area contributed by atoms with E-state index in [1.807, 2.05) is 0 Å². The number of sulfonamides is 1. The van der Waals surface area contributed by atoms with E-state index >= 15 is 4.39 Å². The Bertz CT molecular complexity index is 1520. The van der Waals surface area contributed by atoms with Crippen molar-refractivity contribution in [1.29, 1.82) is 0 Å². The Morgan fingerprint density at radius 3 is 2.60 bits per heavy atom. The molecule has 0 saturated carbocycles. The molecule has 2 aliphatic rings. The van der Waals surface area contributed by atoms with Gasteiger partial charge in [-0.25, -0.2) is 22.8 Å². The van der Waals surface area contributed by atoms with Gasteiger partial charge in [0, 0.05) is 50.1 Å². The van der Waals surface area contributed by atoms with Crippen molar-refractivity contribution in [2.24, 2.45) is 5.92 Å². The highest BCUT2D eigenvalue weighted by Crippen LogP contribution is 2.37. The molecule has 232 valence electrons. The van der Waals surface area contributed by atoms with Crippen molar-refractivity contribution < 1.29 is 26.0 Å². The molecule has 8 nitrogen and oxygen atoms in total.